The van der Waals surface area contributed by atoms with E-state index in [-0.39, 0.29) is 18.7 Å². The Morgan fingerprint density at radius 3 is 2.68 bits per heavy atom. The molecule has 1 rings (SSSR count). The normalized spacial score (nSPS) is 11.7. The van der Waals surface area contributed by atoms with Crippen LogP contribution in [-0.4, -0.2) is 34.9 Å². The van der Waals surface area contributed by atoms with E-state index in [9.17, 15) is 14.0 Å². The number of carbonyl (C=O) groups excluding carboxylic acids is 1. The van der Waals surface area contributed by atoms with E-state index in [2.05, 4.69) is 26.6 Å². The number of carboxylic acids is 1. The van der Waals surface area contributed by atoms with E-state index in [4.69, 9.17) is 10.2 Å². The molecule has 2 amide bonds. The van der Waals surface area contributed by atoms with Crippen molar-refractivity contribution in [3.63, 3.8) is 0 Å². The Morgan fingerprint density at radius 1 is 1.42 bits per heavy atom. The van der Waals surface area contributed by atoms with Gasteiger partial charge in [0.15, 0.2) is 0 Å². The molecule has 4 N–H and O–H groups in total. The molecular weight excluding hydrogens is 323 g/mol. The fraction of sp³-hybridized carbons (Fsp3) is 0.273. The zero-order chi connectivity index (χ0) is 14.4. The number of rotatable bonds is 5. The predicted octanol–water partition coefficient (Wildman–Crippen LogP) is 1.55. The van der Waals surface area contributed by atoms with Crippen LogP contribution >= 0.6 is 15.9 Å². The van der Waals surface area contributed by atoms with Gasteiger partial charge in [0, 0.05) is 17.5 Å². The van der Waals surface area contributed by atoms with E-state index in [0.717, 1.165) is 6.07 Å². The Balaban J connectivity index is 2.68. The number of hydrogen-bond acceptors (Lipinski definition) is 3. The number of aliphatic hydroxyl groups is 1. The van der Waals surface area contributed by atoms with Gasteiger partial charge in [-0.2, -0.15) is 0 Å². The number of carboxylic acid groups (broad SMARTS) is 1. The molecule has 1 aromatic rings. The summed E-state index contributed by atoms with van der Waals surface area (Å²) in [4.78, 5) is 22.3. The van der Waals surface area contributed by atoms with Gasteiger partial charge in [-0.05, 0) is 18.2 Å². The van der Waals surface area contributed by atoms with Crippen LogP contribution in [0.15, 0.2) is 22.7 Å². The lowest BCUT2D eigenvalue weighted by atomic mass is 10.2. The van der Waals surface area contributed by atoms with Gasteiger partial charge in [0.2, 0.25) is 0 Å². The molecule has 0 fully saturated rings. The van der Waals surface area contributed by atoms with Gasteiger partial charge in [0.05, 0.1) is 5.69 Å². The number of amides is 2. The molecule has 0 unspecified atom stereocenters. The lowest BCUT2D eigenvalue weighted by molar-refractivity contribution is -0.139. The van der Waals surface area contributed by atoms with Crippen LogP contribution in [0, 0.1) is 5.82 Å². The molecule has 0 bridgehead atoms. The molecule has 0 aliphatic carbocycles. The summed E-state index contributed by atoms with van der Waals surface area (Å²) in [5.41, 5.74) is -0.0833. The maximum atomic E-state index is 13.4. The van der Waals surface area contributed by atoms with E-state index in [1.807, 2.05) is 0 Å². The summed E-state index contributed by atoms with van der Waals surface area (Å²) in [5, 5.41) is 21.8. The van der Waals surface area contributed by atoms with Crippen LogP contribution in [-0.2, 0) is 4.79 Å². The van der Waals surface area contributed by atoms with Gasteiger partial charge >= 0.3 is 12.0 Å². The number of aliphatic carboxylic acids is 1. The molecule has 0 spiro atoms. The number of benzene rings is 1. The van der Waals surface area contributed by atoms with E-state index in [1.165, 1.54) is 12.1 Å². The highest BCUT2D eigenvalue weighted by atomic mass is 79.9. The SMILES string of the molecule is O=C(Nc1cc(Br)ccc1F)N[C@H](CCO)C(=O)O. The molecule has 1 atom stereocenters. The van der Waals surface area contributed by atoms with Crippen LogP contribution in [0.4, 0.5) is 14.9 Å². The summed E-state index contributed by atoms with van der Waals surface area (Å²) >= 11 is 3.12. The van der Waals surface area contributed by atoms with E-state index < -0.39 is 23.9 Å². The van der Waals surface area contributed by atoms with Gasteiger partial charge in [-0.3, -0.25) is 0 Å². The third-order valence-electron chi connectivity index (χ3n) is 2.20. The lowest BCUT2D eigenvalue weighted by Gasteiger charge is -2.14. The van der Waals surface area contributed by atoms with Gasteiger partial charge < -0.3 is 20.8 Å². The second-order valence-corrected chi connectivity index (χ2v) is 4.54. The Labute approximate surface area is 116 Å². The third-order valence-corrected chi connectivity index (χ3v) is 2.69. The van der Waals surface area contributed by atoms with Crippen LogP contribution in [0.25, 0.3) is 0 Å². The third kappa shape index (κ3) is 4.84. The monoisotopic (exact) mass is 334 g/mol. The molecule has 8 heteroatoms. The molecule has 104 valence electrons. The highest BCUT2D eigenvalue weighted by Gasteiger charge is 2.19. The molecule has 0 radical (unpaired) electrons. The second-order valence-electron chi connectivity index (χ2n) is 3.63. The summed E-state index contributed by atoms with van der Waals surface area (Å²) in [6.07, 6.45) is -0.135. The van der Waals surface area contributed by atoms with Crippen molar-refractivity contribution in [1.29, 1.82) is 0 Å². The quantitative estimate of drug-likeness (QED) is 0.656. The first kappa shape index (κ1) is 15.4. The Bertz CT molecular complexity index is 484. The zero-order valence-electron chi connectivity index (χ0n) is 9.69. The first-order chi connectivity index (χ1) is 8.93. The van der Waals surface area contributed by atoms with Crippen molar-refractivity contribution in [3.8, 4) is 0 Å². The number of urea groups is 1. The van der Waals surface area contributed by atoms with Crippen LogP contribution in [0.5, 0.6) is 0 Å². The summed E-state index contributed by atoms with van der Waals surface area (Å²) in [6, 6.07) is 1.86. The molecule has 0 aliphatic heterocycles. The minimum Gasteiger partial charge on any atom is -0.480 e. The highest BCUT2D eigenvalue weighted by Crippen LogP contribution is 2.19. The molecule has 19 heavy (non-hydrogen) atoms. The van der Waals surface area contributed by atoms with Crippen LogP contribution < -0.4 is 10.6 Å². The molecule has 0 heterocycles. The first-order valence-electron chi connectivity index (χ1n) is 5.30. The topological polar surface area (TPSA) is 98.7 Å². The fourth-order valence-corrected chi connectivity index (χ4v) is 1.66. The average molecular weight is 335 g/mol. The van der Waals surface area contributed by atoms with Crippen molar-refractivity contribution in [1.82, 2.24) is 5.32 Å². The first-order valence-corrected chi connectivity index (χ1v) is 6.09. The highest BCUT2D eigenvalue weighted by molar-refractivity contribution is 9.10. The summed E-state index contributed by atoms with van der Waals surface area (Å²) in [5.74, 6) is -1.92. The lowest BCUT2D eigenvalue weighted by Crippen LogP contribution is -2.43. The summed E-state index contributed by atoms with van der Waals surface area (Å²) in [6.45, 7) is -0.386. The smallest absolute Gasteiger partial charge is 0.326 e. The fourth-order valence-electron chi connectivity index (χ4n) is 1.30. The van der Waals surface area contributed by atoms with Crippen molar-refractivity contribution in [2.75, 3.05) is 11.9 Å². The van der Waals surface area contributed by atoms with Gasteiger partial charge in [-0.25, -0.2) is 14.0 Å². The van der Waals surface area contributed by atoms with Crippen molar-refractivity contribution < 1.29 is 24.2 Å². The molecule has 0 saturated heterocycles. The molecule has 0 aromatic heterocycles. The van der Waals surface area contributed by atoms with Gasteiger partial charge in [-0.15, -0.1) is 0 Å². The number of halogens is 2. The van der Waals surface area contributed by atoms with Gasteiger partial charge in [0.1, 0.15) is 11.9 Å². The minimum absolute atomic E-state index is 0.0833. The van der Waals surface area contributed by atoms with Gasteiger partial charge in [0.25, 0.3) is 0 Å². The Kier molecular flexibility index (Phi) is 5.71. The molecule has 1 aromatic carbocycles. The van der Waals surface area contributed by atoms with Crippen LogP contribution in [0.1, 0.15) is 6.42 Å². The Morgan fingerprint density at radius 2 is 2.11 bits per heavy atom. The molecule has 0 saturated carbocycles. The maximum Gasteiger partial charge on any atom is 0.326 e. The van der Waals surface area contributed by atoms with Crippen molar-refractivity contribution >= 4 is 33.6 Å². The van der Waals surface area contributed by atoms with Crippen molar-refractivity contribution in [2.45, 2.75) is 12.5 Å². The van der Waals surface area contributed by atoms with E-state index >= 15 is 0 Å². The Hall–Kier alpha value is -1.67. The number of nitrogens with one attached hydrogen (secondary N) is 2. The zero-order valence-corrected chi connectivity index (χ0v) is 11.3. The largest absolute Gasteiger partial charge is 0.480 e. The molecular formula is C11H12BrFN2O4. The predicted molar refractivity (Wildman–Crippen MR) is 69.4 cm³/mol. The molecule has 0 aliphatic rings. The van der Waals surface area contributed by atoms with Gasteiger partial charge in [-0.1, -0.05) is 15.9 Å². The molecule has 6 nitrogen and oxygen atoms in total. The average Bonchev–Trinajstić information content (AvgIpc) is 2.33. The number of anilines is 1. The number of hydrogen-bond donors (Lipinski definition) is 4. The van der Waals surface area contributed by atoms with Crippen LogP contribution in [0.2, 0.25) is 0 Å². The van der Waals surface area contributed by atoms with Crippen molar-refractivity contribution in [3.05, 3.63) is 28.5 Å². The number of carbonyl (C=O) groups is 2. The minimum atomic E-state index is -1.28. The van der Waals surface area contributed by atoms with Crippen molar-refractivity contribution in [2.24, 2.45) is 0 Å². The van der Waals surface area contributed by atoms with E-state index in [1.54, 1.807) is 0 Å². The number of aliphatic hydroxyl groups excluding tert-OH is 1. The second kappa shape index (κ2) is 7.05. The standard InChI is InChI=1S/C11H12BrFN2O4/c12-6-1-2-7(13)9(5-6)15-11(19)14-8(3-4-16)10(17)18/h1-2,5,8,16H,3-4H2,(H,17,18)(H2,14,15,19)/t8-/m1/s1. The van der Waals surface area contributed by atoms with E-state index in [0.29, 0.717) is 4.47 Å². The summed E-state index contributed by atoms with van der Waals surface area (Å²) in [7, 11) is 0. The van der Waals surface area contributed by atoms with Crippen LogP contribution in [0.3, 0.4) is 0 Å². The summed E-state index contributed by atoms with van der Waals surface area (Å²) < 4.78 is 13.9. The maximum absolute atomic E-state index is 13.4.